The molecule has 0 bridgehead atoms. The third kappa shape index (κ3) is 3.49. The summed E-state index contributed by atoms with van der Waals surface area (Å²) in [5.41, 5.74) is 1.59. The van der Waals surface area contributed by atoms with E-state index in [9.17, 15) is 4.79 Å². The number of amides is 1. The Balaban J connectivity index is 1.45. The van der Waals surface area contributed by atoms with Crippen molar-refractivity contribution in [1.82, 2.24) is 4.90 Å². The van der Waals surface area contributed by atoms with Crippen molar-refractivity contribution in [3.05, 3.63) is 47.0 Å². The van der Waals surface area contributed by atoms with E-state index in [0.717, 1.165) is 24.5 Å². The van der Waals surface area contributed by atoms with Crippen molar-refractivity contribution >= 4 is 23.2 Å². The SMILES string of the molecule is CCOc1ccccc1N1CCN(C(=O)c2cc(Cl)c3c(c2)OCO3)CC1. The highest BCUT2D eigenvalue weighted by Crippen LogP contribution is 2.40. The topological polar surface area (TPSA) is 51.2 Å². The van der Waals surface area contributed by atoms with E-state index >= 15 is 0 Å². The fourth-order valence-electron chi connectivity index (χ4n) is 3.42. The van der Waals surface area contributed by atoms with Crippen molar-refractivity contribution in [2.24, 2.45) is 0 Å². The van der Waals surface area contributed by atoms with E-state index in [2.05, 4.69) is 11.0 Å². The van der Waals surface area contributed by atoms with Crippen molar-refractivity contribution in [3.8, 4) is 17.2 Å². The molecule has 0 spiro atoms. The molecule has 4 rings (SSSR count). The second kappa shape index (κ2) is 7.56. The minimum absolute atomic E-state index is 0.0482. The summed E-state index contributed by atoms with van der Waals surface area (Å²) in [7, 11) is 0. The number of carbonyl (C=O) groups excluding carboxylic acids is 1. The van der Waals surface area contributed by atoms with E-state index < -0.39 is 0 Å². The summed E-state index contributed by atoms with van der Waals surface area (Å²) in [5, 5.41) is 0.401. The Morgan fingerprint density at radius 3 is 2.70 bits per heavy atom. The van der Waals surface area contributed by atoms with Gasteiger partial charge in [-0.3, -0.25) is 4.79 Å². The summed E-state index contributed by atoms with van der Waals surface area (Å²) in [5.74, 6) is 1.86. The number of anilines is 1. The van der Waals surface area contributed by atoms with Gasteiger partial charge in [0.1, 0.15) is 5.75 Å². The molecule has 142 valence electrons. The fourth-order valence-corrected chi connectivity index (χ4v) is 3.69. The second-order valence-corrected chi connectivity index (χ2v) is 6.78. The molecular weight excluding hydrogens is 368 g/mol. The molecule has 0 aliphatic carbocycles. The number of fused-ring (bicyclic) bond motifs is 1. The number of rotatable bonds is 4. The van der Waals surface area contributed by atoms with Gasteiger partial charge in [-0.05, 0) is 31.2 Å². The van der Waals surface area contributed by atoms with Gasteiger partial charge in [0.05, 0.1) is 17.3 Å². The summed E-state index contributed by atoms with van der Waals surface area (Å²) < 4.78 is 16.4. The molecule has 0 unspecified atom stereocenters. The molecule has 2 aliphatic heterocycles. The molecule has 0 radical (unpaired) electrons. The lowest BCUT2D eigenvalue weighted by Gasteiger charge is -2.36. The predicted molar refractivity (Wildman–Crippen MR) is 103 cm³/mol. The van der Waals surface area contributed by atoms with Crippen LogP contribution in [0.25, 0.3) is 0 Å². The number of halogens is 1. The minimum Gasteiger partial charge on any atom is -0.492 e. The average molecular weight is 389 g/mol. The van der Waals surface area contributed by atoms with Gasteiger partial charge < -0.3 is 24.0 Å². The molecule has 1 saturated heterocycles. The largest absolute Gasteiger partial charge is 0.492 e. The molecule has 7 heteroatoms. The summed E-state index contributed by atoms with van der Waals surface area (Å²) in [6.07, 6.45) is 0. The highest BCUT2D eigenvalue weighted by Gasteiger charge is 2.26. The van der Waals surface area contributed by atoms with Crippen LogP contribution < -0.4 is 19.1 Å². The second-order valence-electron chi connectivity index (χ2n) is 6.37. The van der Waals surface area contributed by atoms with Gasteiger partial charge in [-0.15, -0.1) is 0 Å². The maximum Gasteiger partial charge on any atom is 0.254 e. The molecule has 2 aromatic rings. The van der Waals surface area contributed by atoms with E-state index in [1.807, 2.05) is 30.0 Å². The molecule has 2 aliphatic rings. The molecule has 0 aromatic heterocycles. The zero-order chi connectivity index (χ0) is 18.8. The van der Waals surface area contributed by atoms with E-state index in [4.69, 9.17) is 25.8 Å². The lowest BCUT2D eigenvalue weighted by molar-refractivity contribution is 0.0746. The normalized spacial score (nSPS) is 15.8. The minimum atomic E-state index is -0.0482. The zero-order valence-electron chi connectivity index (χ0n) is 15.1. The fraction of sp³-hybridized carbons (Fsp3) is 0.350. The first-order chi connectivity index (χ1) is 13.2. The van der Waals surface area contributed by atoms with Crippen molar-refractivity contribution < 1.29 is 19.0 Å². The number of hydrogen-bond acceptors (Lipinski definition) is 5. The van der Waals surface area contributed by atoms with Crippen LogP contribution in [0, 0.1) is 0 Å². The maximum atomic E-state index is 12.9. The van der Waals surface area contributed by atoms with Crippen LogP contribution in [0.2, 0.25) is 5.02 Å². The Morgan fingerprint density at radius 2 is 1.93 bits per heavy atom. The van der Waals surface area contributed by atoms with Crippen molar-refractivity contribution in [2.75, 3.05) is 44.5 Å². The summed E-state index contributed by atoms with van der Waals surface area (Å²) in [6, 6.07) is 11.4. The first kappa shape index (κ1) is 17.8. The Bertz CT molecular complexity index is 850. The first-order valence-corrected chi connectivity index (χ1v) is 9.40. The number of nitrogens with zero attached hydrogens (tertiary/aromatic N) is 2. The van der Waals surface area contributed by atoms with E-state index in [1.54, 1.807) is 12.1 Å². The lowest BCUT2D eigenvalue weighted by Crippen LogP contribution is -2.48. The van der Waals surface area contributed by atoms with Gasteiger partial charge >= 0.3 is 0 Å². The van der Waals surface area contributed by atoms with Gasteiger partial charge in [-0.25, -0.2) is 0 Å². The van der Waals surface area contributed by atoms with Crippen molar-refractivity contribution in [2.45, 2.75) is 6.92 Å². The summed E-state index contributed by atoms with van der Waals surface area (Å²) >= 11 is 6.21. The van der Waals surface area contributed by atoms with Crippen LogP contribution in [-0.2, 0) is 0 Å². The van der Waals surface area contributed by atoms with Gasteiger partial charge in [-0.2, -0.15) is 0 Å². The van der Waals surface area contributed by atoms with E-state index in [1.165, 1.54) is 0 Å². The Morgan fingerprint density at radius 1 is 1.15 bits per heavy atom. The van der Waals surface area contributed by atoms with Crippen LogP contribution in [0.4, 0.5) is 5.69 Å². The highest BCUT2D eigenvalue weighted by atomic mass is 35.5. The third-order valence-electron chi connectivity index (χ3n) is 4.75. The Hall–Kier alpha value is -2.60. The van der Waals surface area contributed by atoms with Gasteiger partial charge in [0, 0.05) is 31.7 Å². The predicted octanol–water partition coefficient (Wildman–Crippen LogP) is 3.43. The van der Waals surface area contributed by atoms with E-state index in [0.29, 0.717) is 41.8 Å². The summed E-state index contributed by atoms with van der Waals surface area (Å²) in [6.45, 7) is 5.48. The number of ether oxygens (including phenoxy) is 3. The number of para-hydroxylation sites is 2. The van der Waals surface area contributed by atoms with Crippen LogP contribution in [0.5, 0.6) is 17.2 Å². The van der Waals surface area contributed by atoms with Gasteiger partial charge in [0.15, 0.2) is 11.5 Å². The average Bonchev–Trinajstić information content (AvgIpc) is 3.18. The van der Waals surface area contributed by atoms with E-state index in [-0.39, 0.29) is 12.7 Å². The molecule has 0 saturated carbocycles. The molecule has 0 atom stereocenters. The number of benzene rings is 2. The van der Waals surface area contributed by atoms with Crippen LogP contribution in [-0.4, -0.2) is 50.4 Å². The van der Waals surface area contributed by atoms with Gasteiger partial charge in [0.25, 0.3) is 5.91 Å². The quantitative estimate of drug-likeness (QED) is 0.803. The smallest absolute Gasteiger partial charge is 0.254 e. The molecule has 0 N–H and O–H groups in total. The maximum absolute atomic E-state index is 12.9. The Labute approximate surface area is 163 Å². The van der Waals surface area contributed by atoms with Crippen LogP contribution in [0.15, 0.2) is 36.4 Å². The molecule has 2 heterocycles. The first-order valence-electron chi connectivity index (χ1n) is 9.02. The molecular formula is C20H21ClN2O4. The summed E-state index contributed by atoms with van der Waals surface area (Å²) in [4.78, 5) is 17.0. The lowest BCUT2D eigenvalue weighted by atomic mass is 10.1. The Kier molecular flexibility index (Phi) is 4.99. The molecule has 27 heavy (non-hydrogen) atoms. The van der Waals surface area contributed by atoms with Crippen molar-refractivity contribution in [1.29, 1.82) is 0 Å². The number of carbonyl (C=O) groups is 1. The highest BCUT2D eigenvalue weighted by molar-refractivity contribution is 6.32. The monoisotopic (exact) mass is 388 g/mol. The van der Waals surface area contributed by atoms with Gasteiger partial charge in [-0.1, -0.05) is 23.7 Å². The molecule has 1 fully saturated rings. The third-order valence-corrected chi connectivity index (χ3v) is 5.03. The van der Waals surface area contributed by atoms with Crippen LogP contribution in [0.1, 0.15) is 17.3 Å². The number of hydrogen-bond donors (Lipinski definition) is 0. The van der Waals surface area contributed by atoms with Gasteiger partial charge in [0.2, 0.25) is 6.79 Å². The van der Waals surface area contributed by atoms with Crippen molar-refractivity contribution in [3.63, 3.8) is 0 Å². The molecule has 1 amide bonds. The van der Waals surface area contributed by atoms with Crippen LogP contribution >= 0.6 is 11.6 Å². The molecule has 6 nitrogen and oxygen atoms in total. The van der Waals surface area contributed by atoms with Crippen LogP contribution in [0.3, 0.4) is 0 Å². The number of piperazine rings is 1. The standard InChI is InChI=1S/C20H21ClN2O4/c1-2-25-17-6-4-3-5-16(17)22-7-9-23(10-8-22)20(24)14-11-15(21)19-18(12-14)26-13-27-19/h3-6,11-12H,2,7-10,13H2,1H3. The molecule has 2 aromatic carbocycles. The zero-order valence-corrected chi connectivity index (χ0v) is 15.9.